The van der Waals surface area contributed by atoms with Gasteiger partial charge < -0.3 is 10.3 Å². The Kier molecular flexibility index (Phi) is 3.85. The Balaban J connectivity index is 2.16. The molecule has 21 heavy (non-hydrogen) atoms. The number of hydrogen-bond acceptors (Lipinski definition) is 4. The molecule has 1 aliphatic rings. The van der Waals surface area contributed by atoms with Crippen LogP contribution >= 0.6 is 11.3 Å². The largest absolute Gasteiger partial charge is 0.375 e. The Morgan fingerprint density at radius 1 is 1.33 bits per heavy atom. The van der Waals surface area contributed by atoms with Crippen LogP contribution in [-0.4, -0.2) is 9.55 Å². The van der Waals surface area contributed by atoms with Gasteiger partial charge >= 0.3 is 0 Å². The molecule has 2 N–H and O–H groups in total. The smallest absolute Gasteiger partial charge is 0.260 e. The van der Waals surface area contributed by atoms with Crippen LogP contribution in [0.15, 0.2) is 22.3 Å². The number of thiazole rings is 1. The predicted molar refractivity (Wildman–Crippen MR) is 87.8 cm³/mol. The van der Waals surface area contributed by atoms with Gasteiger partial charge in [0.15, 0.2) is 5.13 Å². The number of aromatic nitrogens is 2. The first-order chi connectivity index (χ1) is 10.1. The molecular weight excluding hydrogens is 282 g/mol. The van der Waals surface area contributed by atoms with E-state index >= 15 is 0 Å². The molecule has 5 heteroatoms. The van der Waals surface area contributed by atoms with Crippen LogP contribution < -0.4 is 11.3 Å². The Hall–Kier alpha value is -1.62. The van der Waals surface area contributed by atoms with Crippen molar-refractivity contribution in [2.45, 2.75) is 51.5 Å². The molecule has 0 amide bonds. The molecule has 0 spiro atoms. The van der Waals surface area contributed by atoms with Crippen LogP contribution in [0.5, 0.6) is 0 Å². The van der Waals surface area contributed by atoms with Crippen LogP contribution in [0.2, 0.25) is 0 Å². The van der Waals surface area contributed by atoms with Crippen molar-refractivity contribution in [3.63, 3.8) is 0 Å². The maximum atomic E-state index is 13.0. The summed E-state index contributed by atoms with van der Waals surface area (Å²) in [4.78, 5) is 17.2. The van der Waals surface area contributed by atoms with Crippen LogP contribution in [0, 0.1) is 0 Å². The molecule has 2 aromatic heterocycles. The lowest BCUT2D eigenvalue weighted by Gasteiger charge is -2.22. The average molecular weight is 303 g/mol. The van der Waals surface area contributed by atoms with Gasteiger partial charge in [0, 0.05) is 17.1 Å². The highest BCUT2D eigenvalue weighted by molar-refractivity contribution is 7.13. The quantitative estimate of drug-likeness (QED) is 0.938. The van der Waals surface area contributed by atoms with E-state index in [-0.39, 0.29) is 5.56 Å². The molecule has 112 valence electrons. The molecule has 0 saturated heterocycles. The van der Waals surface area contributed by atoms with Crippen molar-refractivity contribution in [3.05, 3.63) is 33.6 Å². The summed E-state index contributed by atoms with van der Waals surface area (Å²) in [6, 6.07) is 4.32. The maximum Gasteiger partial charge on any atom is 0.260 e. The third kappa shape index (κ3) is 2.62. The topological polar surface area (TPSA) is 60.9 Å². The first-order valence-electron chi connectivity index (χ1n) is 7.54. The van der Waals surface area contributed by atoms with Crippen molar-refractivity contribution < 1.29 is 0 Å². The third-order valence-corrected chi connectivity index (χ3v) is 4.90. The third-order valence-electron chi connectivity index (χ3n) is 4.23. The highest BCUT2D eigenvalue weighted by Crippen LogP contribution is 2.32. The van der Waals surface area contributed by atoms with Gasteiger partial charge in [0.1, 0.15) is 0 Å². The monoisotopic (exact) mass is 303 g/mol. The Labute approximate surface area is 128 Å². The molecule has 1 aliphatic carbocycles. The Morgan fingerprint density at radius 2 is 2.05 bits per heavy atom. The number of nitrogens with zero attached hydrogens (tertiary/aromatic N) is 2. The average Bonchev–Trinajstić information content (AvgIpc) is 3.09. The molecule has 0 radical (unpaired) electrons. The van der Waals surface area contributed by atoms with Crippen LogP contribution in [0.25, 0.3) is 11.3 Å². The van der Waals surface area contributed by atoms with Gasteiger partial charge in [0.25, 0.3) is 5.56 Å². The first kappa shape index (κ1) is 14.3. The summed E-state index contributed by atoms with van der Waals surface area (Å²) < 4.78 is 2.02. The van der Waals surface area contributed by atoms with E-state index in [0.29, 0.717) is 28.3 Å². The fourth-order valence-electron chi connectivity index (χ4n) is 3.18. The van der Waals surface area contributed by atoms with Crippen LogP contribution in [0.4, 0.5) is 5.13 Å². The van der Waals surface area contributed by atoms with Gasteiger partial charge in [-0.1, -0.05) is 26.7 Å². The fraction of sp³-hybridized carbons (Fsp3) is 0.500. The molecule has 2 heterocycles. The van der Waals surface area contributed by atoms with Gasteiger partial charge in [-0.3, -0.25) is 4.79 Å². The molecule has 0 atom stereocenters. The number of pyridine rings is 1. The molecule has 0 unspecified atom stereocenters. The molecule has 1 saturated carbocycles. The summed E-state index contributed by atoms with van der Waals surface area (Å²) in [5.41, 5.74) is 8.27. The molecule has 0 bridgehead atoms. The van der Waals surface area contributed by atoms with Crippen LogP contribution in [-0.2, 0) is 0 Å². The summed E-state index contributed by atoms with van der Waals surface area (Å²) in [7, 11) is 0. The zero-order valence-electron chi connectivity index (χ0n) is 12.5. The summed E-state index contributed by atoms with van der Waals surface area (Å²) in [5, 5.41) is 2.37. The summed E-state index contributed by atoms with van der Waals surface area (Å²) in [5.74, 6) is 0.341. The second-order valence-electron chi connectivity index (χ2n) is 6.01. The van der Waals surface area contributed by atoms with E-state index in [1.807, 2.05) is 16.0 Å². The zero-order valence-corrected chi connectivity index (χ0v) is 13.3. The van der Waals surface area contributed by atoms with Gasteiger partial charge in [0.2, 0.25) is 0 Å². The van der Waals surface area contributed by atoms with Crippen molar-refractivity contribution in [1.82, 2.24) is 9.55 Å². The van der Waals surface area contributed by atoms with E-state index in [9.17, 15) is 4.79 Å². The van der Waals surface area contributed by atoms with E-state index in [0.717, 1.165) is 18.5 Å². The minimum atomic E-state index is 0.0819. The van der Waals surface area contributed by atoms with Crippen LogP contribution in [0.1, 0.15) is 57.2 Å². The molecule has 0 aromatic carbocycles. The summed E-state index contributed by atoms with van der Waals surface area (Å²) in [6.07, 6.45) is 4.62. The van der Waals surface area contributed by atoms with Gasteiger partial charge in [-0.15, -0.1) is 11.3 Å². The molecule has 3 rings (SSSR count). The number of nitrogens with two attached hydrogens (primary N) is 1. The maximum absolute atomic E-state index is 13.0. The van der Waals surface area contributed by atoms with Crippen molar-refractivity contribution in [2.75, 3.05) is 5.73 Å². The summed E-state index contributed by atoms with van der Waals surface area (Å²) >= 11 is 1.38. The zero-order chi connectivity index (χ0) is 15.0. The summed E-state index contributed by atoms with van der Waals surface area (Å²) in [6.45, 7) is 4.28. The first-order valence-corrected chi connectivity index (χ1v) is 8.42. The van der Waals surface area contributed by atoms with Crippen molar-refractivity contribution in [3.8, 4) is 11.3 Å². The minimum absolute atomic E-state index is 0.0819. The van der Waals surface area contributed by atoms with E-state index in [4.69, 9.17) is 5.73 Å². The number of nitrogen functional groups attached to an aromatic ring is 1. The predicted octanol–water partition coefficient (Wildman–Crippen LogP) is 3.79. The van der Waals surface area contributed by atoms with Gasteiger partial charge in [-0.25, -0.2) is 4.98 Å². The normalized spacial score (nSPS) is 16.0. The molecule has 4 nitrogen and oxygen atoms in total. The Bertz CT molecular complexity index is 696. The van der Waals surface area contributed by atoms with Crippen LogP contribution in [0.3, 0.4) is 0 Å². The van der Waals surface area contributed by atoms with E-state index in [1.54, 1.807) is 0 Å². The van der Waals surface area contributed by atoms with Gasteiger partial charge in [0.05, 0.1) is 11.3 Å². The number of hydrogen-bond donors (Lipinski definition) is 1. The number of rotatable bonds is 3. The second-order valence-corrected chi connectivity index (χ2v) is 6.90. The second kappa shape index (κ2) is 5.64. The van der Waals surface area contributed by atoms with Crippen molar-refractivity contribution >= 4 is 16.5 Å². The Morgan fingerprint density at radius 3 is 2.62 bits per heavy atom. The lowest BCUT2D eigenvalue weighted by molar-refractivity contribution is 0.474. The molecular formula is C16H21N3OS. The SMILES string of the molecule is CC(C)c1ccc(-c2csc(N)n2)c(=O)n1C1CCCC1. The lowest BCUT2D eigenvalue weighted by atomic mass is 10.0. The van der Waals surface area contributed by atoms with E-state index in [2.05, 4.69) is 24.9 Å². The molecule has 2 aromatic rings. The number of anilines is 1. The fourth-order valence-corrected chi connectivity index (χ4v) is 3.75. The highest BCUT2D eigenvalue weighted by atomic mass is 32.1. The molecule has 0 aliphatic heterocycles. The van der Waals surface area contributed by atoms with E-state index in [1.165, 1.54) is 24.2 Å². The minimum Gasteiger partial charge on any atom is -0.375 e. The molecule has 1 fully saturated rings. The van der Waals surface area contributed by atoms with Crippen molar-refractivity contribution in [1.29, 1.82) is 0 Å². The highest BCUT2D eigenvalue weighted by Gasteiger charge is 2.23. The van der Waals surface area contributed by atoms with E-state index < -0.39 is 0 Å². The van der Waals surface area contributed by atoms with Gasteiger partial charge in [-0.05, 0) is 30.9 Å². The van der Waals surface area contributed by atoms with Gasteiger partial charge in [-0.2, -0.15) is 0 Å². The van der Waals surface area contributed by atoms with Crippen molar-refractivity contribution in [2.24, 2.45) is 0 Å². The lowest BCUT2D eigenvalue weighted by Crippen LogP contribution is -2.28. The standard InChI is InChI=1S/C16H21N3OS/c1-10(2)14-8-7-12(13-9-21-16(17)18-13)15(20)19(14)11-5-3-4-6-11/h7-11H,3-6H2,1-2H3,(H2,17,18).